The summed E-state index contributed by atoms with van der Waals surface area (Å²) in [7, 11) is 5.71. The van der Waals surface area contributed by atoms with Gasteiger partial charge in [0.2, 0.25) is 0 Å². The van der Waals surface area contributed by atoms with Gasteiger partial charge in [0.05, 0.1) is 29.9 Å². The van der Waals surface area contributed by atoms with Crippen LogP contribution in [0.2, 0.25) is 0 Å². The molecule has 1 N–H and O–H groups in total. The van der Waals surface area contributed by atoms with E-state index in [0.717, 1.165) is 40.1 Å². The zero-order chi connectivity index (χ0) is 34.1. The van der Waals surface area contributed by atoms with E-state index < -0.39 is 6.04 Å². The minimum atomic E-state index is -0.708. The number of amides is 1. The molecule has 0 aliphatic carbocycles. The van der Waals surface area contributed by atoms with E-state index in [9.17, 15) is 9.59 Å². The first-order valence-corrected chi connectivity index (χ1v) is 16.4. The number of Topliss-reactive ketones (excluding diaryl/α,β-unsaturated/α-hetero) is 1. The van der Waals surface area contributed by atoms with Crippen molar-refractivity contribution in [2.24, 2.45) is 5.41 Å². The highest BCUT2D eigenvalue weighted by Crippen LogP contribution is 2.28. The van der Waals surface area contributed by atoms with Gasteiger partial charge in [0.25, 0.3) is 5.91 Å². The zero-order valence-electron chi connectivity index (χ0n) is 28.5. The lowest BCUT2D eigenvalue weighted by Crippen LogP contribution is -2.43. The molecule has 0 aliphatic heterocycles. The van der Waals surface area contributed by atoms with E-state index in [4.69, 9.17) is 14.5 Å². The molecule has 7 heteroatoms. The van der Waals surface area contributed by atoms with Crippen molar-refractivity contribution in [3.63, 3.8) is 0 Å². The largest absolute Gasteiger partial charge is 0.497 e. The average molecular weight is 644 g/mol. The van der Waals surface area contributed by atoms with Crippen molar-refractivity contribution in [1.29, 1.82) is 0 Å². The van der Waals surface area contributed by atoms with Crippen molar-refractivity contribution >= 4 is 22.6 Å². The Morgan fingerprint density at radius 2 is 1.50 bits per heavy atom. The lowest BCUT2D eigenvalue weighted by atomic mass is 9.85. The Kier molecular flexibility index (Phi) is 11.2. The predicted octanol–water partition coefficient (Wildman–Crippen LogP) is 7.77. The third kappa shape index (κ3) is 9.29. The number of benzene rings is 4. The van der Waals surface area contributed by atoms with Crippen LogP contribution in [0.15, 0.2) is 109 Å². The topological polar surface area (TPSA) is 80.8 Å². The molecule has 0 fully saturated rings. The molecule has 0 radical (unpaired) electrons. The molecule has 1 unspecified atom stereocenters. The second-order valence-electron chi connectivity index (χ2n) is 13.3. The van der Waals surface area contributed by atoms with Gasteiger partial charge in [0, 0.05) is 23.9 Å². The van der Waals surface area contributed by atoms with Crippen LogP contribution >= 0.6 is 0 Å². The molecule has 4 aromatic carbocycles. The molecule has 0 aliphatic rings. The van der Waals surface area contributed by atoms with E-state index in [1.165, 1.54) is 0 Å². The monoisotopic (exact) mass is 643 g/mol. The molecule has 1 atom stereocenters. The van der Waals surface area contributed by atoms with Crippen molar-refractivity contribution in [2.45, 2.75) is 45.8 Å². The third-order valence-corrected chi connectivity index (χ3v) is 8.44. The number of hydrogen-bond donors (Lipinski definition) is 1. The van der Waals surface area contributed by atoms with E-state index in [0.29, 0.717) is 42.6 Å². The van der Waals surface area contributed by atoms with Crippen LogP contribution in [0.1, 0.15) is 48.2 Å². The summed E-state index contributed by atoms with van der Waals surface area (Å²) in [5.74, 6) is 1.18. The van der Waals surface area contributed by atoms with Crippen molar-refractivity contribution in [1.82, 2.24) is 15.2 Å². The Balaban J connectivity index is 1.39. The number of fused-ring (bicyclic) bond motifs is 1. The molecule has 48 heavy (non-hydrogen) atoms. The molecule has 0 saturated heterocycles. The van der Waals surface area contributed by atoms with Crippen LogP contribution < -0.4 is 14.8 Å². The number of nitrogens with zero attached hydrogens (tertiary/aromatic N) is 2. The van der Waals surface area contributed by atoms with Gasteiger partial charge < -0.3 is 19.7 Å². The fourth-order valence-electron chi connectivity index (χ4n) is 6.02. The van der Waals surface area contributed by atoms with Crippen LogP contribution in [0.25, 0.3) is 22.2 Å². The molecule has 5 aromatic rings. The number of aromatic nitrogens is 1. The van der Waals surface area contributed by atoms with Crippen LogP contribution in [0, 0.1) is 5.41 Å². The number of nitrogens with one attached hydrogen (secondary N) is 1. The number of carbonyl (C=O) groups excluding carboxylic acids is 2. The highest BCUT2D eigenvalue weighted by molar-refractivity contribution is 6.08. The molecule has 5 rings (SSSR count). The Morgan fingerprint density at radius 1 is 0.833 bits per heavy atom. The van der Waals surface area contributed by atoms with E-state index in [-0.39, 0.29) is 17.1 Å². The van der Waals surface area contributed by atoms with Crippen molar-refractivity contribution in [3.05, 3.63) is 126 Å². The smallest absolute Gasteiger partial charge is 0.252 e. The standard InChI is InChI=1S/C41H45N3O4/c1-41(2,28-44(3)4)24-23-39(45)38(25-29-15-19-33(20-16-29)48-27-30-11-7-6-8-12-30)43-40(46)35-26-37(31-17-21-32(47-5)22-18-31)42-36-14-10-9-13-34(35)36/h6-22,26,38H,23-25,27-28H2,1-5H3,(H,43,46). The molecule has 7 nitrogen and oxygen atoms in total. The summed E-state index contributed by atoms with van der Waals surface area (Å²) in [6.07, 6.45) is 1.44. The van der Waals surface area contributed by atoms with Crippen molar-refractivity contribution in [3.8, 4) is 22.8 Å². The van der Waals surface area contributed by atoms with E-state index >= 15 is 0 Å². The molecule has 0 spiro atoms. The van der Waals surface area contributed by atoms with Gasteiger partial charge in [-0.2, -0.15) is 0 Å². The van der Waals surface area contributed by atoms with Gasteiger partial charge in [-0.3, -0.25) is 9.59 Å². The highest BCUT2D eigenvalue weighted by atomic mass is 16.5. The Hall–Kier alpha value is -5.01. The molecule has 1 aromatic heterocycles. The van der Waals surface area contributed by atoms with Crippen molar-refractivity contribution in [2.75, 3.05) is 27.7 Å². The maximum absolute atomic E-state index is 14.1. The lowest BCUT2D eigenvalue weighted by Gasteiger charge is -2.29. The van der Waals surface area contributed by atoms with Gasteiger partial charge in [-0.25, -0.2) is 4.98 Å². The van der Waals surface area contributed by atoms with Crippen LogP contribution in [-0.2, 0) is 17.8 Å². The van der Waals surface area contributed by atoms with Gasteiger partial charge in [-0.15, -0.1) is 0 Å². The number of ether oxygens (including phenoxy) is 2. The molecule has 1 amide bonds. The number of hydrogen-bond acceptors (Lipinski definition) is 6. The number of methoxy groups -OCH3 is 1. The molecular formula is C41H45N3O4. The summed E-state index contributed by atoms with van der Waals surface area (Å²) in [6, 6.07) is 34.1. The predicted molar refractivity (Wildman–Crippen MR) is 192 cm³/mol. The van der Waals surface area contributed by atoms with E-state index in [1.807, 2.05) is 117 Å². The highest BCUT2D eigenvalue weighted by Gasteiger charge is 2.27. The zero-order valence-corrected chi connectivity index (χ0v) is 28.5. The fourth-order valence-corrected chi connectivity index (χ4v) is 6.02. The van der Waals surface area contributed by atoms with Crippen LogP contribution in [-0.4, -0.2) is 55.4 Å². The number of pyridine rings is 1. The van der Waals surface area contributed by atoms with Gasteiger partial charge in [-0.05, 0) is 92.0 Å². The second kappa shape index (κ2) is 15.7. The van der Waals surface area contributed by atoms with Gasteiger partial charge in [0.15, 0.2) is 5.78 Å². The summed E-state index contributed by atoms with van der Waals surface area (Å²) in [6.45, 7) is 5.68. The summed E-state index contributed by atoms with van der Waals surface area (Å²) in [5.41, 5.74) is 4.68. The summed E-state index contributed by atoms with van der Waals surface area (Å²) < 4.78 is 11.3. The third-order valence-electron chi connectivity index (χ3n) is 8.44. The number of rotatable bonds is 15. The molecule has 248 valence electrons. The average Bonchev–Trinajstić information content (AvgIpc) is 3.09. The maximum Gasteiger partial charge on any atom is 0.252 e. The molecular weight excluding hydrogens is 598 g/mol. The van der Waals surface area contributed by atoms with Crippen molar-refractivity contribution < 1.29 is 19.1 Å². The first kappa shape index (κ1) is 34.3. The van der Waals surface area contributed by atoms with E-state index in [1.54, 1.807) is 13.2 Å². The fraction of sp³-hybridized carbons (Fsp3) is 0.293. The Labute approximate surface area is 283 Å². The Morgan fingerprint density at radius 3 is 2.19 bits per heavy atom. The summed E-state index contributed by atoms with van der Waals surface area (Å²) in [4.78, 5) is 35.0. The Bertz CT molecular complexity index is 1820. The van der Waals surface area contributed by atoms with Gasteiger partial charge >= 0.3 is 0 Å². The van der Waals surface area contributed by atoms with Gasteiger partial charge in [-0.1, -0.05) is 74.5 Å². The quantitative estimate of drug-likeness (QED) is 0.126. The van der Waals surface area contributed by atoms with Crippen LogP contribution in [0.3, 0.4) is 0 Å². The minimum absolute atomic E-state index is 0.00771. The summed E-state index contributed by atoms with van der Waals surface area (Å²) >= 11 is 0. The summed E-state index contributed by atoms with van der Waals surface area (Å²) in [5, 5.41) is 3.86. The molecule has 1 heterocycles. The SMILES string of the molecule is COc1ccc(-c2cc(C(=O)NC(Cc3ccc(OCc4ccccc4)cc3)C(=O)CCC(C)(C)CN(C)C)c3ccccc3n2)cc1. The number of para-hydroxylation sites is 1. The van der Waals surface area contributed by atoms with Crippen LogP contribution in [0.5, 0.6) is 11.5 Å². The first-order valence-electron chi connectivity index (χ1n) is 16.4. The minimum Gasteiger partial charge on any atom is -0.497 e. The van der Waals surface area contributed by atoms with Crippen LogP contribution in [0.4, 0.5) is 0 Å². The maximum atomic E-state index is 14.1. The van der Waals surface area contributed by atoms with Gasteiger partial charge in [0.1, 0.15) is 18.1 Å². The first-order chi connectivity index (χ1) is 23.1. The molecule has 0 bridgehead atoms. The number of carbonyl (C=O) groups is 2. The second-order valence-corrected chi connectivity index (χ2v) is 13.3. The number of ketones is 1. The lowest BCUT2D eigenvalue weighted by molar-refractivity contribution is -0.121. The normalized spacial score (nSPS) is 12.1. The van der Waals surface area contributed by atoms with E-state index in [2.05, 4.69) is 24.1 Å². The molecule has 0 saturated carbocycles.